The number of nitrogens with zero attached hydrogens (tertiary/aromatic N) is 1. The SMILES string of the molecule is CC/C=C\C/C=C\C/C=C\CCCCCCCC(=O)NC(COP(=O)([O-])OCC[N+](C)(C)C)C(O)CCCCCCCCCCCCCCCCCCCCCCCCCCC. The van der Waals surface area contributed by atoms with E-state index in [1.807, 2.05) is 21.1 Å². The van der Waals surface area contributed by atoms with E-state index in [9.17, 15) is 19.4 Å². The molecule has 0 spiro atoms. The van der Waals surface area contributed by atoms with Crippen molar-refractivity contribution in [2.24, 2.45) is 0 Å². The summed E-state index contributed by atoms with van der Waals surface area (Å²) >= 11 is 0. The van der Waals surface area contributed by atoms with Crippen molar-refractivity contribution >= 4 is 13.7 Å². The number of hydrogen-bond donors (Lipinski definition) is 2. The molecule has 0 aromatic rings. The third-order valence-electron chi connectivity index (χ3n) is 11.9. The minimum absolute atomic E-state index is 0.00819. The van der Waals surface area contributed by atoms with Crippen molar-refractivity contribution in [1.82, 2.24) is 5.32 Å². The Morgan fingerprint density at radius 3 is 1.44 bits per heavy atom. The number of aliphatic hydroxyl groups excluding tert-OH is 1. The van der Waals surface area contributed by atoms with E-state index in [1.165, 1.54) is 141 Å². The number of quaternary nitrogens is 1. The Hall–Kier alpha value is -1.28. The van der Waals surface area contributed by atoms with Gasteiger partial charge in [-0.2, -0.15) is 0 Å². The molecule has 3 atom stereocenters. The predicted molar refractivity (Wildman–Crippen MR) is 265 cm³/mol. The predicted octanol–water partition coefficient (Wildman–Crippen LogP) is 14.8. The van der Waals surface area contributed by atoms with Crippen molar-refractivity contribution in [3.8, 4) is 0 Å². The number of hydrogen-bond acceptors (Lipinski definition) is 6. The number of carbonyl (C=O) groups is 1. The van der Waals surface area contributed by atoms with Gasteiger partial charge in [0.2, 0.25) is 5.91 Å². The van der Waals surface area contributed by atoms with E-state index in [2.05, 4.69) is 55.6 Å². The van der Waals surface area contributed by atoms with Crippen molar-refractivity contribution in [3.63, 3.8) is 0 Å². The van der Waals surface area contributed by atoms with Crippen LogP contribution in [0.2, 0.25) is 0 Å². The van der Waals surface area contributed by atoms with Gasteiger partial charge in [-0.25, -0.2) is 0 Å². The van der Waals surface area contributed by atoms with Gasteiger partial charge in [-0.3, -0.25) is 9.36 Å². The molecule has 62 heavy (non-hydrogen) atoms. The summed E-state index contributed by atoms with van der Waals surface area (Å²) < 4.78 is 23.3. The molecule has 9 heteroatoms. The lowest BCUT2D eigenvalue weighted by atomic mass is 10.0. The number of phosphoric ester groups is 1. The molecule has 8 nitrogen and oxygen atoms in total. The van der Waals surface area contributed by atoms with Crippen molar-refractivity contribution in [3.05, 3.63) is 36.5 Å². The minimum atomic E-state index is -4.57. The summed E-state index contributed by atoms with van der Waals surface area (Å²) in [6, 6.07) is -0.810. The molecule has 0 saturated heterocycles. The number of carbonyl (C=O) groups excluding carboxylic acids is 1. The van der Waals surface area contributed by atoms with Gasteiger partial charge in [-0.15, -0.1) is 0 Å². The molecule has 0 aliphatic heterocycles. The fourth-order valence-corrected chi connectivity index (χ4v) is 8.48. The van der Waals surface area contributed by atoms with E-state index < -0.39 is 20.0 Å². The lowest BCUT2D eigenvalue weighted by molar-refractivity contribution is -0.870. The first-order valence-electron chi connectivity index (χ1n) is 26.3. The molecule has 0 bridgehead atoms. The quantitative estimate of drug-likeness (QED) is 0.0273. The molecule has 3 unspecified atom stereocenters. The standard InChI is InChI=1S/C53H103N2O6P/c1-6-8-10-12-14-16-18-20-22-23-24-25-26-27-28-29-30-31-33-34-36-38-40-42-44-46-52(56)51(50-61-62(58,59)60-49-48-55(3,4)5)54-53(57)47-45-43-41-39-37-35-32-21-19-17-15-13-11-9-7-2/h9,11,15,17,21,32,51-52,56H,6-8,10,12-14,16,18-20,22-31,33-50H2,1-5H3,(H-,54,57,58,59)/b11-9-,17-15-,32-21-. The van der Waals surface area contributed by atoms with Gasteiger partial charge >= 0.3 is 0 Å². The third kappa shape index (κ3) is 46.7. The maximum Gasteiger partial charge on any atom is 0.268 e. The Balaban J connectivity index is 4.18. The normalized spacial score (nSPS) is 14.4. The Labute approximate surface area is 385 Å². The van der Waals surface area contributed by atoms with Crippen molar-refractivity contribution in [1.29, 1.82) is 0 Å². The van der Waals surface area contributed by atoms with Crippen molar-refractivity contribution in [2.75, 3.05) is 40.9 Å². The van der Waals surface area contributed by atoms with E-state index in [-0.39, 0.29) is 19.1 Å². The smallest absolute Gasteiger partial charge is 0.268 e. The highest BCUT2D eigenvalue weighted by molar-refractivity contribution is 7.45. The number of aliphatic hydroxyl groups is 1. The lowest BCUT2D eigenvalue weighted by Crippen LogP contribution is -2.46. The maximum absolute atomic E-state index is 12.9. The number of phosphoric acid groups is 1. The van der Waals surface area contributed by atoms with Crippen LogP contribution >= 0.6 is 7.82 Å². The van der Waals surface area contributed by atoms with Gasteiger partial charge in [0.15, 0.2) is 0 Å². The number of rotatable bonds is 48. The van der Waals surface area contributed by atoms with Gasteiger partial charge in [0.1, 0.15) is 13.2 Å². The summed E-state index contributed by atoms with van der Waals surface area (Å²) in [5.74, 6) is -0.180. The molecular formula is C53H103N2O6P. The van der Waals surface area contributed by atoms with E-state index in [4.69, 9.17) is 9.05 Å². The number of nitrogens with one attached hydrogen (secondary N) is 1. The van der Waals surface area contributed by atoms with Crippen molar-refractivity contribution in [2.45, 2.75) is 257 Å². The second kappa shape index (κ2) is 44.9. The molecule has 0 heterocycles. The number of unbranched alkanes of at least 4 members (excludes halogenated alkanes) is 29. The summed E-state index contributed by atoms with van der Waals surface area (Å²) in [4.78, 5) is 25.4. The summed E-state index contributed by atoms with van der Waals surface area (Å²) in [7, 11) is 1.29. The van der Waals surface area contributed by atoms with Gasteiger partial charge < -0.3 is 28.8 Å². The molecule has 0 rings (SSSR count). The Morgan fingerprint density at radius 2 is 0.984 bits per heavy atom. The second-order valence-electron chi connectivity index (χ2n) is 19.2. The zero-order valence-electron chi connectivity index (χ0n) is 41.6. The Bertz CT molecular complexity index is 1110. The summed E-state index contributed by atoms with van der Waals surface area (Å²) in [6.45, 7) is 4.61. The fourth-order valence-electron chi connectivity index (χ4n) is 7.76. The third-order valence-corrected chi connectivity index (χ3v) is 12.9. The highest BCUT2D eigenvalue weighted by atomic mass is 31.2. The van der Waals surface area contributed by atoms with Crippen LogP contribution in [-0.2, 0) is 18.4 Å². The van der Waals surface area contributed by atoms with E-state index in [0.717, 1.165) is 77.0 Å². The number of allylic oxidation sites excluding steroid dienone is 6. The van der Waals surface area contributed by atoms with Crippen LogP contribution in [0.25, 0.3) is 0 Å². The molecule has 0 aromatic carbocycles. The molecule has 2 N–H and O–H groups in total. The van der Waals surface area contributed by atoms with Crippen molar-refractivity contribution < 1.29 is 32.9 Å². The van der Waals surface area contributed by atoms with Crippen LogP contribution in [0.3, 0.4) is 0 Å². The molecule has 366 valence electrons. The van der Waals surface area contributed by atoms with Crippen LogP contribution in [-0.4, -0.2) is 68.5 Å². The molecule has 0 aliphatic carbocycles. The second-order valence-corrected chi connectivity index (χ2v) is 20.6. The number of amides is 1. The Kier molecular flexibility index (Phi) is 44.0. The maximum atomic E-state index is 12.9. The Morgan fingerprint density at radius 1 is 0.581 bits per heavy atom. The van der Waals surface area contributed by atoms with Gasteiger partial charge in [0.25, 0.3) is 7.82 Å². The summed E-state index contributed by atoms with van der Waals surface area (Å²) in [6.07, 6.45) is 56.0. The molecule has 0 aliphatic rings. The largest absolute Gasteiger partial charge is 0.756 e. The van der Waals surface area contributed by atoms with Gasteiger partial charge in [0.05, 0.1) is 39.9 Å². The van der Waals surface area contributed by atoms with Gasteiger partial charge in [0, 0.05) is 6.42 Å². The first-order chi connectivity index (χ1) is 30.0. The number of likely N-dealkylation sites (N-methyl/N-ethyl adjacent to an activating group) is 1. The zero-order valence-corrected chi connectivity index (χ0v) is 42.5. The van der Waals surface area contributed by atoms with Crippen LogP contribution in [0, 0.1) is 0 Å². The molecule has 0 aromatic heterocycles. The van der Waals surface area contributed by atoms with E-state index >= 15 is 0 Å². The highest BCUT2D eigenvalue weighted by Gasteiger charge is 2.24. The summed E-state index contributed by atoms with van der Waals surface area (Å²) in [5.41, 5.74) is 0. The average molecular weight is 895 g/mol. The fraction of sp³-hybridized carbons (Fsp3) is 0.868. The molecule has 0 fully saturated rings. The van der Waals surface area contributed by atoms with Crippen LogP contribution in [0.5, 0.6) is 0 Å². The molecule has 0 saturated carbocycles. The monoisotopic (exact) mass is 895 g/mol. The summed E-state index contributed by atoms with van der Waals surface area (Å²) in [5, 5.41) is 14.0. The first-order valence-corrected chi connectivity index (χ1v) is 27.8. The van der Waals surface area contributed by atoms with Crippen LogP contribution in [0.15, 0.2) is 36.5 Å². The average Bonchev–Trinajstić information content (AvgIpc) is 3.23. The molecule has 0 radical (unpaired) electrons. The zero-order chi connectivity index (χ0) is 45.7. The van der Waals surface area contributed by atoms with Crippen LogP contribution < -0.4 is 10.2 Å². The topological polar surface area (TPSA) is 108 Å². The van der Waals surface area contributed by atoms with Crippen LogP contribution in [0.1, 0.15) is 245 Å². The molecular weight excluding hydrogens is 792 g/mol. The first kappa shape index (κ1) is 60.7. The van der Waals surface area contributed by atoms with E-state index in [1.54, 1.807) is 0 Å². The van der Waals surface area contributed by atoms with Crippen LogP contribution in [0.4, 0.5) is 0 Å². The van der Waals surface area contributed by atoms with Gasteiger partial charge in [-0.05, 0) is 44.9 Å². The van der Waals surface area contributed by atoms with Gasteiger partial charge in [-0.1, -0.05) is 230 Å². The lowest BCUT2D eigenvalue weighted by Gasteiger charge is -2.30. The highest BCUT2D eigenvalue weighted by Crippen LogP contribution is 2.38. The van der Waals surface area contributed by atoms with E-state index in [0.29, 0.717) is 23.9 Å². The molecule has 1 amide bonds. The minimum Gasteiger partial charge on any atom is -0.756 e.